The number of carboxylic acids is 1. The highest BCUT2D eigenvalue weighted by atomic mass is 32.2. The number of hydrogen-bond acceptors (Lipinski definition) is 22. The number of aliphatic hydroxyl groups excluding tert-OH is 2. The molecule has 374 valence electrons. The second-order valence-corrected chi connectivity index (χ2v) is 20.4. The predicted molar refractivity (Wildman–Crippen MR) is 241 cm³/mol. The minimum atomic E-state index is -5.57. The van der Waals surface area contributed by atoms with E-state index >= 15 is 0 Å². The number of hydrogen-bond donors (Lipinski definition) is 8. The first-order valence-corrected chi connectivity index (χ1v) is 25.6. The molecule has 1 unspecified atom stereocenters. The number of phenols is 1. The van der Waals surface area contributed by atoms with Crippen LogP contribution in [0.25, 0.3) is 10.8 Å². The van der Waals surface area contributed by atoms with Crippen molar-refractivity contribution in [3.05, 3.63) is 77.9 Å². The molecule has 1 aliphatic carbocycles. The number of nitrogens with zero attached hydrogens (tertiary/aromatic N) is 8. The first-order valence-electron chi connectivity index (χ1n) is 19.9. The third kappa shape index (κ3) is 11.0. The van der Waals surface area contributed by atoms with Crippen LogP contribution < -0.4 is 14.5 Å². The molecule has 0 aromatic heterocycles. The molecule has 0 saturated carbocycles. The molecule has 1 amide bonds. The topological polar surface area (TPSA) is 441 Å². The molecule has 0 radical (unpaired) electrons. The van der Waals surface area contributed by atoms with Gasteiger partial charge in [0.05, 0.1) is 23.8 Å². The zero-order chi connectivity index (χ0) is 51.8. The van der Waals surface area contributed by atoms with Crippen LogP contribution >= 0.6 is 0 Å². The Labute approximate surface area is 399 Å². The van der Waals surface area contributed by atoms with E-state index in [0.29, 0.717) is 29.5 Å². The van der Waals surface area contributed by atoms with Gasteiger partial charge in [-0.25, -0.2) is 4.79 Å². The maximum Gasteiger partial charge on any atom is 0.355 e. The number of carbonyl (C=O) groups excluding carboxylic acids is 1. The summed E-state index contributed by atoms with van der Waals surface area (Å²) in [7, 11) is -20.6. The third-order valence-corrected chi connectivity index (χ3v) is 13.8. The van der Waals surface area contributed by atoms with Gasteiger partial charge >= 0.3 is 5.97 Å². The summed E-state index contributed by atoms with van der Waals surface area (Å²) < 4.78 is 150. The number of ether oxygens (including phenoxy) is 2. The highest BCUT2D eigenvalue weighted by molar-refractivity contribution is 7.87. The van der Waals surface area contributed by atoms with Crippen molar-refractivity contribution < 1.29 is 91.4 Å². The van der Waals surface area contributed by atoms with E-state index in [0.717, 1.165) is 60.5 Å². The van der Waals surface area contributed by atoms with Crippen LogP contribution in [0.4, 0.5) is 34.1 Å². The van der Waals surface area contributed by atoms with Gasteiger partial charge < -0.3 is 29.9 Å². The lowest BCUT2D eigenvalue weighted by Crippen LogP contribution is -2.33. The predicted octanol–water partition coefficient (Wildman–Crippen LogP) is 4.53. The average Bonchev–Trinajstić information content (AvgIpc) is 3.90. The molecule has 5 aromatic carbocycles. The molecule has 1 heterocycles. The summed E-state index contributed by atoms with van der Waals surface area (Å²) in [6, 6.07) is 8.57. The molecular formula is C39H34N8O20S4. The lowest BCUT2D eigenvalue weighted by atomic mass is 10.1. The summed E-state index contributed by atoms with van der Waals surface area (Å²) in [6.07, 6.45) is 1.87. The molecule has 71 heavy (non-hydrogen) atoms. The molecule has 7 rings (SSSR count). The zero-order valence-corrected chi connectivity index (χ0v) is 38.8. The second-order valence-electron chi connectivity index (χ2n) is 14.8. The lowest BCUT2D eigenvalue weighted by Gasteiger charge is -2.14. The van der Waals surface area contributed by atoms with Gasteiger partial charge in [-0.05, 0) is 85.0 Å². The monoisotopic (exact) mass is 1060 g/mol. The van der Waals surface area contributed by atoms with E-state index in [-0.39, 0.29) is 40.9 Å². The van der Waals surface area contributed by atoms with Crippen molar-refractivity contribution in [3.63, 3.8) is 0 Å². The van der Waals surface area contributed by atoms with E-state index in [1.54, 1.807) is 0 Å². The van der Waals surface area contributed by atoms with Gasteiger partial charge in [-0.3, -0.25) is 23.0 Å². The summed E-state index contributed by atoms with van der Waals surface area (Å²) in [6.45, 7) is -1.95. The Balaban J connectivity index is 1.31. The molecule has 28 nitrogen and oxygen atoms in total. The van der Waals surface area contributed by atoms with Gasteiger partial charge in [0.25, 0.3) is 46.4 Å². The number of aryl methyl sites for hydroxylation is 2. The van der Waals surface area contributed by atoms with Gasteiger partial charge in [-0.1, -0.05) is 0 Å². The number of hydrazone groups is 1. The Bertz CT molecular complexity index is 3630. The van der Waals surface area contributed by atoms with Gasteiger partial charge in [-0.2, -0.15) is 54.0 Å². The molecule has 1 aliphatic heterocycles. The number of aliphatic carboxylic acids is 1. The standard InChI is InChI=1S/C39H34N8O20S4/c48-10-12-66-29-18-27(30(67-13-11-49)17-26(29)41-43-28-14-19-2-1-3-20(19)15-31(28)69(57,58)59)42-44-33-32(70(60,61)62)16-24-23(36(33)50)8-9-25(37(24)71(63,64)65)40-45-34-35(39(52)53)46-47(38(34)51)21-4-6-22(7-5-21)68(54,55)56/h4-9,14-18,34,48-50H,1-3,10-13H2,(H,52,53)(H,54,55,56)(H,57,58,59)(H,60,61,62)(H,63,64,65)/b43-41+,44-42+,45-40+. The summed E-state index contributed by atoms with van der Waals surface area (Å²) >= 11 is 0. The van der Waals surface area contributed by atoms with Crippen molar-refractivity contribution in [2.75, 3.05) is 31.4 Å². The quantitative estimate of drug-likeness (QED) is 0.0441. The number of anilines is 1. The van der Waals surface area contributed by atoms with E-state index < -0.39 is 131 Å². The van der Waals surface area contributed by atoms with Gasteiger partial charge in [0.1, 0.15) is 67.8 Å². The first kappa shape index (κ1) is 51.6. The number of aromatic hydroxyl groups is 1. The minimum Gasteiger partial charge on any atom is -0.505 e. The van der Waals surface area contributed by atoms with E-state index in [2.05, 4.69) is 35.8 Å². The van der Waals surface area contributed by atoms with Crippen molar-refractivity contribution in [2.45, 2.75) is 44.9 Å². The molecule has 5 aromatic rings. The fraction of sp³-hybridized carbons (Fsp3) is 0.205. The van der Waals surface area contributed by atoms with Crippen molar-refractivity contribution in [2.24, 2.45) is 35.8 Å². The highest BCUT2D eigenvalue weighted by Gasteiger charge is 2.41. The molecule has 2 aliphatic rings. The fourth-order valence-corrected chi connectivity index (χ4v) is 9.72. The van der Waals surface area contributed by atoms with Crippen LogP contribution in [-0.2, 0) is 62.9 Å². The number of amides is 1. The Morgan fingerprint density at radius 1 is 0.648 bits per heavy atom. The van der Waals surface area contributed by atoms with Crippen LogP contribution in [0, 0.1) is 0 Å². The first-order chi connectivity index (χ1) is 33.3. The van der Waals surface area contributed by atoms with Crippen LogP contribution in [-0.4, -0.2) is 122 Å². The number of fused-ring (bicyclic) bond motifs is 2. The minimum absolute atomic E-state index is 0.209. The number of phenolic OH excluding ortho intramolecular Hbond substituents is 1. The van der Waals surface area contributed by atoms with Gasteiger partial charge in [-0.15, -0.1) is 20.5 Å². The molecule has 0 bridgehead atoms. The Morgan fingerprint density at radius 3 is 1.75 bits per heavy atom. The molecule has 32 heteroatoms. The zero-order valence-electron chi connectivity index (χ0n) is 35.6. The van der Waals surface area contributed by atoms with E-state index in [1.807, 2.05) is 0 Å². The van der Waals surface area contributed by atoms with Gasteiger partial charge in [0.15, 0.2) is 11.5 Å². The second kappa shape index (κ2) is 19.9. The Morgan fingerprint density at radius 2 is 1.21 bits per heavy atom. The van der Waals surface area contributed by atoms with Crippen molar-refractivity contribution >= 4 is 103 Å². The average molecular weight is 1060 g/mol. The summed E-state index contributed by atoms with van der Waals surface area (Å²) in [5, 5.41) is 66.2. The van der Waals surface area contributed by atoms with E-state index in [9.17, 15) is 81.9 Å². The molecule has 8 N–H and O–H groups in total. The number of azo groups is 3. The number of rotatable bonds is 18. The number of benzene rings is 5. The van der Waals surface area contributed by atoms with Crippen molar-refractivity contribution in [3.8, 4) is 17.2 Å². The normalized spacial score (nSPS) is 15.6. The third-order valence-electron chi connectivity index (χ3n) is 10.2. The largest absolute Gasteiger partial charge is 0.505 e. The van der Waals surface area contributed by atoms with Crippen LogP contribution in [0.5, 0.6) is 17.2 Å². The van der Waals surface area contributed by atoms with Crippen LogP contribution in [0.15, 0.2) is 122 Å². The SMILES string of the molecule is O=C(O)C1=NN(c2ccc(S(=O)(=O)O)cc2)C(=O)C1/N=N/c1ccc2c(O)c(/N=N/c3cc(OCCO)c(/N=N/c4cc5c(cc4S(=O)(=O)O)CCC5)cc3OCCO)c(S(=O)(=O)O)cc2c1S(=O)(=O)O. The van der Waals surface area contributed by atoms with E-state index in [1.165, 1.54) is 12.1 Å². The van der Waals surface area contributed by atoms with Crippen LogP contribution in [0.2, 0.25) is 0 Å². The molecular weight excluding hydrogens is 1030 g/mol. The van der Waals surface area contributed by atoms with Gasteiger partial charge in [0, 0.05) is 22.9 Å². The maximum atomic E-state index is 13.4. The maximum absolute atomic E-state index is 13.4. The Hall–Kier alpha value is -7.27. The van der Waals surface area contributed by atoms with E-state index in [4.69, 9.17) is 9.47 Å². The van der Waals surface area contributed by atoms with Crippen molar-refractivity contribution in [1.82, 2.24) is 0 Å². The molecule has 0 fully saturated rings. The fourth-order valence-electron chi connectivity index (χ4n) is 7.12. The number of carboxylic acid groups (broad SMARTS) is 1. The Kier molecular flexibility index (Phi) is 14.4. The summed E-state index contributed by atoms with van der Waals surface area (Å²) in [4.78, 5) is 21.7. The smallest absolute Gasteiger partial charge is 0.355 e. The highest BCUT2D eigenvalue weighted by Crippen LogP contribution is 2.47. The van der Waals surface area contributed by atoms with Crippen LogP contribution in [0.3, 0.4) is 0 Å². The summed E-state index contributed by atoms with van der Waals surface area (Å²) in [5.74, 6) is -4.78. The molecule has 1 atom stereocenters. The number of aliphatic hydroxyl groups is 2. The molecule has 0 saturated heterocycles. The lowest BCUT2D eigenvalue weighted by molar-refractivity contribution is -0.130. The van der Waals surface area contributed by atoms with Gasteiger partial charge in [0.2, 0.25) is 6.04 Å². The summed E-state index contributed by atoms with van der Waals surface area (Å²) in [5.41, 5.74) is -2.51. The number of carbonyl (C=O) groups is 2. The molecule has 0 spiro atoms. The van der Waals surface area contributed by atoms with Crippen molar-refractivity contribution in [1.29, 1.82) is 0 Å². The van der Waals surface area contributed by atoms with Crippen LogP contribution in [0.1, 0.15) is 17.5 Å².